The Morgan fingerprint density at radius 2 is 2.00 bits per heavy atom. The number of carbonyl (C=O) groups is 1. The molecule has 1 unspecified atom stereocenters. The zero-order valence-electron chi connectivity index (χ0n) is 8.83. The van der Waals surface area contributed by atoms with E-state index in [1.165, 1.54) is 22.7 Å². The average Bonchev–Trinajstić information content (AvgIpc) is 2.69. The maximum atomic E-state index is 11.0. The number of imidazole rings is 1. The molecule has 0 aliphatic rings. The first kappa shape index (κ1) is 12.7. The number of carboxylic acids is 1. The van der Waals surface area contributed by atoms with Crippen LogP contribution in [0.1, 0.15) is 11.7 Å². The molecule has 0 fully saturated rings. The number of hydrogen-bond donors (Lipinski definition) is 4. The first-order chi connectivity index (χ1) is 8.29. The van der Waals surface area contributed by atoms with Crippen LogP contribution in [-0.4, -0.2) is 35.4 Å². The van der Waals surface area contributed by atoms with Crippen molar-refractivity contribution in [2.75, 3.05) is 0 Å². The van der Waals surface area contributed by atoms with Crippen molar-refractivity contribution in [1.82, 2.24) is 9.38 Å². The van der Waals surface area contributed by atoms with Gasteiger partial charge in [0, 0.05) is 18.0 Å². The van der Waals surface area contributed by atoms with Gasteiger partial charge in [-0.2, -0.15) is 0 Å². The molecule has 18 heavy (non-hydrogen) atoms. The van der Waals surface area contributed by atoms with Crippen LogP contribution in [-0.2, 0) is 9.36 Å². The average molecular weight is 272 g/mol. The molecule has 4 N–H and O–H groups in total. The smallest absolute Gasteiger partial charge is 0.376 e. The molecule has 0 saturated carbocycles. The van der Waals surface area contributed by atoms with E-state index in [1.54, 1.807) is 0 Å². The minimum Gasteiger partial charge on any atom is -0.479 e. The minimum absolute atomic E-state index is 0.0876. The molecule has 9 heteroatoms. The van der Waals surface area contributed by atoms with E-state index < -0.39 is 25.1 Å². The minimum atomic E-state index is -4.46. The molecule has 0 spiro atoms. The number of aromatic nitrogens is 2. The third-order valence-electron chi connectivity index (χ3n) is 2.31. The number of fused-ring (bicyclic) bond motifs is 1. The van der Waals surface area contributed by atoms with E-state index in [-0.39, 0.29) is 11.2 Å². The SMILES string of the molecule is O=C(O)C(O)c1ccc2nc(P(=O)(O)O)cn2c1. The van der Waals surface area contributed by atoms with Crippen LogP contribution in [0.3, 0.4) is 0 Å². The summed E-state index contributed by atoms with van der Waals surface area (Å²) in [6.07, 6.45) is 0.643. The van der Waals surface area contributed by atoms with Gasteiger partial charge in [0.25, 0.3) is 0 Å². The number of aliphatic hydroxyl groups excluding tert-OH is 1. The maximum absolute atomic E-state index is 11.0. The summed E-state index contributed by atoms with van der Waals surface area (Å²) in [5, 5.41) is 18.0. The summed E-state index contributed by atoms with van der Waals surface area (Å²) < 4.78 is 12.3. The lowest BCUT2D eigenvalue weighted by atomic mass is 10.2. The number of rotatable bonds is 3. The zero-order chi connectivity index (χ0) is 13.5. The highest BCUT2D eigenvalue weighted by atomic mass is 31.2. The van der Waals surface area contributed by atoms with Gasteiger partial charge in [-0.25, -0.2) is 9.78 Å². The molecule has 2 rings (SSSR count). The third kappa shape index (κ3) is 2.27. The summed E-state index contributed by atoms with van der Waals surface area (Å²) in [5.74, 6) is -1.41. The molecule has 0 bridgehead atoms. The lowest BCUT2D eigenvalue weighted by Crippen LogP contribution is -2.10. The van der Waals surface area contributed by atoms with Gasteiger partial charge in [0.05, 0.1) is 0 Å². The van der Waals surface area contributed by atoms with Gasteiger partial charge < -0.3 is 24.4 Å². The van der Waals surface area contributed by atoms with Crippen molar-refractivity contribution < 1.29 is 29.4 Å². The van der Waals surface area contributed by atoms with Crippen LogP contribution >= 0.6 is 7.60 Å². The second-order valence-electron chi connectivity index (χ2n) is 3.61. The largest absolute Gasteiger partial charge is 0.479 e. The van der Waals surface area contributed by atoms with Crippen LogP contribution in [0.4, 0.5) is 0 Å². The fourth-order valence-corrected chi connectivity index (χ4v) is 1.95. The van der Waals surface area contributed by atoms with Gasteiger partial charge in [-0.05, 0) is 6.07 Å². The van der Waals surface area contributed by atoms with Gasteiger partial charge in [-0.1, -0.05) is 6.07 Å². The highest BCUT2D eigenvalue weighted by Gasteiger charge is 2.22. The highest BCUT2D eigenvalue weighted by molar-refractivity contribution is 7.60. The van der Waals surface area contributed by atoms with Crippen LogP contribution in [0.25, 0.3) is 5.65 Å². The van der Waals surface area contributed by atoms with Crippen molar-refractivity contribution >= 4 is 24.6 Å². The lowest BCUT2D eigenvalue weighted by molar-refractivity contribution is -0.146. The van der Waals surface area contributed by atoms with Crippen LogP contribution in [0, 0.1) is 0 Å². The van der Waals surface area contributed by atoms with Gasteiger partial charge in [-0.15, -0.1) is 0 Å². The monoisotopic (exact) mass is 272 g/mol. The van der Waals surface area contributed by atoms with Crippen LogP contribution < -0.4 is 5.44 Å². The Labute approximate surface area is 100 Å². The molecule has 0 aliphatic carbocycles. The molecule has 0 amide bonds. The lowest BCUT2D eigenvalue weighted by Gasteiger charge is -2.05. The molecule has 2 aromatic heterocycles. The Bertz CT molecular complexity index is 660. The van der Waals surface area contributed by atoms with E-state index in [9.17, 15) is 14.5 Å². The van der Waals surface area contributed by atoms with Gasteiger partial charge in [0.1, 0.15) is 5.65 Å². The second kappa shape index (κ2) is 4.18. The summed E-state index contributed by atoms with van der Waals surface area (Å²) in [4.78, 5) is 32.2. The molecule has 1 atom stereocenters. The van der Waals surface area contributed by atoms with Crippen molar-refractivity contribution in [3.8, 4) is 0 Å². The first-order valence-corrected chi connectivity index (χ1v) is 6.36. The summed E-state index contributed by atoms with van der Waals surface area (Å²) in [6, 6.07) is 2.69. The maximum Gasteiger partial charge on any atom is 0.376 e. The normalized spacial score (nSPS) is 13.7. The molecular weight excluding hydrogens is 263 g/mol. The standard InChI is InChI=1S/C9H9N2O6P/c12-8(9(13)14)5-1-2-6-10-7(18(15,16)17)4-11(6)3-5/h1-4,8,12H,(H,13,14)(H2,15,16,17). The summed E-state index contributed by atoms with van der Waals surface area (Å²) in [5.41, 5.74) is -0.0798. The van der Waals surface area contributed by atoms with Gasteiger partial charge in [0.2, 0.25) is 0 Å². The van der Waals surface area contributed by atoms with Gasteiger partial charge >= 0.3 is 13.6 Å². The topological polar surface area (TPSA) is 132 Å². The molecule has 0 radical (unpaired) electrons. The summed E-state index contributed by atoms with van der Waals surface area (Å²) in [7, 11) is -4.46. The second-order valence-corrected chi connectivity index (χ2v) is 5.16. The van der Waals surface area contributed by atoms with Crippen molar-refractivity contribution in [1.29, 1.82) is 0 Å². The van der Waals surface area contributed by atoms with Crippen molar-refractivity contribution in [2.45, 2.75) is 6.10 Å². The molecule has 0 aliphatic heterocycles. The number of carboxylic acid groups (broad SMARTS) is 1. The highest BCUT2D eigenvalue weighted by Crippen LogP contribution is 2.32. The summed E-state index contributed by atoms with van der Waals surface area (Å²) in [6.45, 7) is 0. The van der Waals surface area contributed by atoms with Crippen LogP contribution in [0.2, 0.25) is 0 Å². The summed E-state index contributed by atoms with van der Waals surface area (Å²) >= 11 is 0. The predicted octanol–water partition coefficient (Wildman–Crippen LogP) is -0.745. The van der Waals surface area contributed by atoms with Crippen molar-refractivity contribution in [2.24, 2.45) is 0 Å². The number of aliphatic carboxylic acids is 1. The van der Waals surface area contributed by atoms with E-state index in [0.29, 0.717) is 0 Å². The van der Waals surface area contributed by atoms with Crippen molar-refractivity contribution in [3.63, 3.8) is 0 Å². The van der Waals surface area contributed by atoms with Crippen LogP contribution in [0.5, 0.6) is 0 Å². The third-order valence-corrected chi connectivity index (χ3v) is 3.12. The van der Waals surface area contributed by atoms with Gasteiger partial charge in [-0.3, -0.25) is 4.57 Å². The van der Waals surface area contributed by atoms with E-state index in [2.05, 4.69) is 4.98 Å². The van der Waals surface area contributed by atoms with E-state index in [1.807, 2.05) is 0 Å². The molecule has 8 nitrogen and oxygen atoms in total. The van der Waals surface area contributed by atoms with Gasteiger partial charge in [0.15, 0.2) is 11.5 Å². The molecule has 2 aromatic rings. The van der Waals surface area contributed by atoms with E-state index >= 15 is 0 Å². The number of nitrogens with zero attached hydrogens (tertiary/aromatic N) is 2. The number of hydrogen-bond acceptors (Lipinski definition) is 4. The Morgan fingerprint density at radius 1 is 1.33 bits per heavy atom. The molecule has 0 saturated heterocycles. The molecular formula is C9H9N2O6P. The Balaban J connectivity index is 2.52. The van der Waals surface area contributed by atoms with E-state index in [4.69, 9.17) is 14.9 Å². The Kier molecular flexibility index (Phi) is 2.95. The zero-order valence-corrected chi connectivity index (χ0v) is 9.73. The van der Waals surface area contributed by atoms with Crippen LogP contribution in [0.15, 0.2) is 24.5 Å². The fraction of sp³-hybridized carbons (Fsp3) is 0.111. The number of aliphatic hydroxyl groups is 1. The fourth-order valence-electron chi connectivity index (χ4n) is 1.44. The van der Waals surface area contributed by atoms with E-state index in [0.717, 1.165) is 6.20 Å². The Morgan fingerprint density at radius 3 is 2.56 bits per heavy atom. The molecule has 0 aromatic carbocycles. The molecule has 96 valence electrons. The predicted molar refractivity (Wildman–Crippen MR) is 59.5 cm³/mol. The van der Waals surface area contributed by atoms with Crippen molar-refractivity contribution in [3.05, 3.63) is 30.1 Å². The quantitative estimate of drug-likeness (QED) is 0.540. The Hall–Kier alpha value is -1.73. The number of pyridine rings is 1. The molecule has 2 heterocycles. The first-order valence-electron chi connectivity index (χ1n) is 4.74.